The van der Waals surface area contributed by atoms with Gasteiger partial charge in [0, 0.05) is 11.3 Å². The molecule has 0 fully saturated rings. The van der Waals surface area contributed by atoms with E-state index in [9.17, 15) is 4.79 Å². The molecule has 0 spiro atoms. The van der Waals surface area contributed by atoms with E-state index in [1.54, 1.807) is 19.9 Å². The average Bonchev–Trinajstić information content (AvgIpc) is 3.08. The van der Waals surface area contributed by atoms with Crippen molar-refractivity contribution in [2.45, 2.75) is 20.5 Å². The van der Waals surface area contributed by atoms with Crippen molar-refractivity contribution in [2.24, 2.45) is 0 Å². The van der Waals surface area contributed by atoms with Crippen LogP contribution in [-0.4, -0.2) is 16.1 Å². The van der Waals surface area contributed by atoms with Crippen molar-refractivity contribution in [3.05, 3.63) is 83.2 Å². The molecule has 28 heavy (non-hydrogen) atoms. The standard InChI is InChI=1S/C22H18N2O4/c1-14-12-18(20-15(2)24-28-21(20)23-14)22(25)26-13-16-8-6-7-11-19(16)27-17-9-4-3-5-10-17/h3-12H,13H2,1-2H3. The number of benzene rings is 2. The molecule has 0 aliphatic rings. The van der Waals surface area contributed by atoms with E-state index >= 15 is 0 Å². The molecule has 140 valence electrons. The van der Waals surface area contributed by atoms with Crippen LogP contribution in [0.4, 0.5) is 0 Å². The van der Waals surface area contributed by atoms with Gasteiger partial charge >= 0.3 is 5.97 Å². The highest BCUT2D eigenvalue weighted by atomic mass is 16.5. The fraction of sp³-hybridized carbons (Fsp3) is 0.136. The molecular weight excluding hydrogens is 356 g/mol. The SMILES string of the molecule is Cc1cc(C(=O)OCc2ccccc2Oc2ccccc2)c2c(C)noc2n1. The van der Waals surface area contributed by atoms with Gasteiger partial charge in [0.05, 0.1) is 16.6 Å². The van der Waals surface area contributed by atoms with Crippen LogP contribution in [0.25, 0.3) is 11.1 Å². The molecule has 0 N–H and O–H groups in total. The molecule has 2 heterocycles. The molecular formula is C22H18N2O4. The highest BCUT2D eigenvalue weighted by Crippen LogP contribution is 2.27. The van der Waals surface area contributed by atoms with Crippen molar-refractivity contribution < 1.29 is 18.8 Å². The molecule has 0 aliphatic carbocycles. The van der Waals surface area contributed by atoms with Crippen molar-refractivity contribution >= 4 is 17.1 Å². The Morgan fingerprint density at radius 1 is 1.04 bits per heavy atom. The molecule has 4 rings (SSSR count). The van der Waals surface area contributed by atoms with Crippen LogP contribution in [0.3, 0.4) is 0 Å². The first-order chi connectivity index (χ1) is 13.6. The minimum absolute atomic E-state index is 0.0784. The highest BCUT2D eigenvalue weighted by molar-refractivity contribution is 6.03. The summed E-state index contributed by atoms with van der Waals surface area (Å²) in [6.07, 6.45) is 0. The highest BCUT2D eigenvalue weighted by Gasteiger charge is 2.19. The predicted molar refractivity (Wildman–Crippen MR) is 103 cm³/mol. The Morgan fingerprint density at radius 3 is 2.61 bits per heavy atom. The summed E-state index contributed by atoms with van der Waals surface area (Å²) in [5.74, 6) is 0.892. The van der Waals surface area contributed by atoms with Crippen LogP contribution in [0.5, 0.6) is 11.5 Å². The first kappa shape index (κ1) is 17.7. The maximum Gasteiger partial charge on any atom is 0.339 e. The van der Waals surface area contributed by atoms with Gasteiger partial charge in [-0.2, -0.15) is 0 Å². The summed E-state index contributed by atoms with van der Waals surface area (Å²) in [7, 11) is 0. The molecule has 2 aromatic carbocycles. The maximum absolute atomic E-state index is 12.7. The number of carbonyl (C=O) groups excluding carboxylic acids is 1. The topological polar surface area (TPSA) is 74.5 Å². The van der Waals surface area contributed by atoms with Crippen LogP contribution in [0, 0.1) is 13.8 Å². The van der Waals surface area contributed by atoms with Gasteiger partial charge in [-0.3, -0.25) is 0 Å². The summed E-state index contributed by atoms with van der Waals surface area (Å²) in [6, 6.07) is 18.6. The lowest BCUT2D eigenvalue weighted by Gasteiger charge is -2.12. The molecule has 0 bridgehead atoms. The molecule has 2 aromatic heterocycles. The quantitative estimate of drug-likeness (QED) is 0.458. The summed E-state index contributed by atoms with van der Waals surface area (Å²) < 4.78 is 16.7. The molecule has 0 radical (unpaired) electrons. The third-order valence-electron chi connectivity index (χ3n) is 4.27. The number of aryl methyl sites for hydroxylation is 2. The van der Waals surface area contributed by atoms with Crippen LogP contribution in [0.15, 0.2) is 65.2 Å². The lowest BCUT2D eigenvalue weighted by atomic mass is 10.1. The van der Waals surface area contributed by atoms with E-state index in [0.717, 1.165) is 5.56 Å². The zero-order valence-corrected chi connectivity index (χ0v) is 15.5. The summed E-state index contributed by atoms with van der Waals surface area (Å²) >= 11 is 0. The zero-order chi connectivity index (χ0) is 19.5. The Labute approximate surface area is 161 Å². The Kier molecular flexibility index (Phi) is 4.76. The Morgan fingerprint density at radius 2 is 1.79 bits per heavy atom. The number of rotatable bonds is 5. The van der Waals surface area contributed by atoms with Crippen molar-refractivity contribution in [1.82, 2.24) is 10.1 Å². The molecule has 0 saturated heterocycles. The number of nitrogens with zero attached hydrogens (tertiary/aromatic N) is 2. The molecule has 4 aromatic rings. The predicted octanol–water partition coefficient (Wildman–Crippen LogP) is 4.99. The first-order valence-corrected chi connectivity index (χ1v) is 8.83. The molecule has 0 unspecified atom stereocenters. The largest absolute Gasteiger partial charge is 0.457 e. The first-order valence-electron chi connectivity index (χ1n) is 8.83. The van der Waals surface area contributed by atoms with E-state index in [-0.39, 0.29) is 6.61 Å². The maximum atomic E-state index is 12.7. The van der Waals surface area contributed by atoms with Crippen molar-refractivity contribution in [3.63, 3.8) is 0 Å². The molecule has 0 amide bonds. The number of aromatic nitrogens is 2. The Balaban J connectivity index is 1.56. The zero-order valence-electron chi connectivity index (χ0n) is 15.5. The number of hydrogen-bond acceptors (Lipinski definition) is 6. The molecule has 0 saturated carbocycles. The Bertz CT molecular complexity index is 1140. The number of esters is 1. The van der Waals surface area contributed by atoms with Gasteiger partial charge in [0.25, 0.3) is 5.71 Å². The second kappa shape index (κ2) is 7.52. The van der Waals surface area contributed by atoms with Crippen molar-refractivity contribution in [2.75, 3.05) is 0 Å². The van der Waals surface area contributed by atoms with Crippen molar-refractivity contribution in [1.29, 1.82) is 0 Å². The smallest absolute Gasteiger partial charge is 0.339 e. The van der Waals surface area contributed by atoms with Gasteiger partial charge in [-0.25, -0.2) is 9.78 Å². The minimum Gasteiger partial charge on any atom is -0.457 e. The van der Waals surface area contributed by atoms with E-state index in [0.29, 0.717) is 39.6 Å². The monoisotopic (exact) mass is 374 g/mol. The third kappa shape index (κ3) is 3.57. The Hall–Kier alpha value is -3.67. The second-order valence-corrected chi connectivity index (χ2v) is 6.36. The summed E-state index contributed by atoms with van der Waals surface area (Å²) in [5, 5.41) is 4.47. The number of ether oxygens (including phenoxy) is 2. The van der Waals surface area contributed by atoms with Crippen LogP contribution >= 0.6 is 0 Å². The number of para-hydroxylation sites is 2. The molecule has 0 atom stereocenters. The van der Waals surface area contributed by atoms with Crippen LogP contribution < -0.4 is 4.74 Å². The van der Waals surface area contributed by atoms with E-state index in [1.807, 2.05) is 54.6 Å². The summed E-state index contributed by atoms with van der Waals surface area (Å²) in [6.45, 7) is 3.63. The summed E-state index contributed by atoms with van der Waals surface area (Å²) in [5.41, 5.74) is 2.74. The lowest BCUT2D eigenvalue weighted by Crippen LogP contribution is -2.07. The number of fused-ring (bicyclic) bond motifs is 1. The number of carbonyl (C=O) groups is 1. The van der Waals surface area contributed by atoms with E-state index in [2.05, 4.69) is 10.1 Å². The third-order valence-corrected chi connectivity index (χ3v) is 4.27. The molecule has 0 aliphatic heterocycles. The van der Waals surface area contributed by atoms with Gasteiger partial charge in [-0.05, 0) is 38.1 Å². The molecule has 6 nitrogen and oxygen atoms in total. The number of hydrogen-bond donors (Lipinski definition) is 0. The van der Waals surface area contributed by atoms with Crippen molar-refractivity contribution in [3.8, 4) is 11.5 Å². The van der Waals surface area contributed by atoms with Gasteiger partial charge in [0.2, 0.25) is 0 Å². The number of pyridine rings is 1. The average molecular weight is 374 g/mol. The van der Waals surface area contributed by atoms with Crippen LogP contribution in [0.1, 0.15) is 27.3 Å². The van der Waals surface area contributed by atoms with Gasteiger partial charge in [-0.1, -0.05) is 41.6 Å². The van der Waals surface area contributed by atoms with E-state index in [1.165, 1.54) is 0 Å². The lowest BCUT2D eigenvalue weighted by molar-refractivity contribution is 0.0473. The van der Waals surface area contributed by atoms with E-state index < -0.39 is 5.97 Å². The summed E-state index contributed by atoms with van der Waals surface area (Å²) in [4.78, 5) is 17.0. The van der Waals surface area contributed by atoms with Gasteiger partial charge in [0.1, 0.15) is 18.1 Å². The van der Waals surface area contributed by atoms with Gasteiger partial charge in [0.15, 0.2) is 0 Å². The normalized spacial score (nSPS) is 10.8. The van der Waals surface area contributed by atoms with Crippen LogP contribution in [0.2, 0.25) is 0 Å². The van der Waals surface area contributed by atoms with Gasteiger partial charge < -0.3 is 14.0 Å². The van der Waals surface area contributed by atoms with E-state index in [4.69, 9.17) is 14.0 Å². The van der Waals surface area contributed by atoms with Gasteiger partial charge in [-0.15, -0.1) is 0 Å². The van der Waals surface area contributed by atoms with Crippen LogP contribution in [-0.2, 0) is 11.3 Å². The second-order valence-electron chi connectivity index (χ2n) is 6.36. The fourth-order valence-electron chi connectivity index (χ4n) is 2.94. The minimum atomic E-state index is -0.462. The fourth-order valence-corrected chi connectivity index (χ4v) is 2.94. The molecule has 6 heteroatoms.